The molecule has 0 radical (unpaired) electrons. The minimum Gasteiger partial charge on any atom is -0.394 e. The van der Waals surface area contributed by atoms with Gasteiger partial charge in [0.15, 0.2) is 0 Å². The third-order valence-corrected chi connectivity index (χ3v) is 3.82. The first-order chi connectivity index (χ1) is 11.2. The van der Waals surface area contributed by atoms with Crippen molar-refractivity contribution in [3.8, 4) is 0 Å². The van der Waals surface area contributed by atoms with E-state index in [-0.39, 0.29) is 24.6 Å². The van der Waals surface area contributed by atoms with Crippen molar-refractivity contribution in [1.29, 1.82) is 0 Å². The molecule has 6 nitrogen and oxygen atoms in total. The summed E-state index contributed by atoms with van der Waals surface area (Å²) in [5, 5.41) is 32.3. The first kappa shape index (κ1) is 18.4. The van der Waals surface area contributed by atoms with E-state index < -0.39 is 24.1 Å². The highest BCUT2D eigenvalue weighted by Gasteiger charge is 2.25. The SMILES string of the molecule is CCC(=O)Nc1cc2cc(C(C)(C)O)n(C[C@@H](O)CO)c2cc1F. The van der Waals surface area contributed by atoms with Crippen molar-refractivity contribution >= 4 is 22.5 Å². The van der Waals surface area contributed by atoms with Crippen molar-refractivity contribution < 1.29 is 24.5 Å². The Hall–Kier alpha value is -1.96. The fourth-order valence-electron chi connectivity index (χ4n) is 2.59. The maximum atomic E-state index is 14.3. The van der Waals surface area contributed by atoms with E-state index in [1.54, 1.807) is 31.4 Å². The van der Waals surface area contributed by atoms with E-state index in [4.69, 9.17) is 5.11 Å². The maximum Gasteiger partial charge on any atom is 0.224 e. The Bertz CT molecular complexity index is 749. The third kappa shape index (κ3) is 3.75. The van der Waals surface area contributed by atoms with Gasteiger partial charge in [-0.3, -0.25) is 4.79 Å². The molecule has 4 N–H and O–H groups in total. The number of carbonyl (C=O) groups is 1. The van der Waals surface area contributed by atoms with Crippen LogP contribution in [0.2, 0.25) is 0 Å². The molecule has 2 rings (SSSR count). The number of rotatable bonds is 6. The summed E-state index contributed by atoms with van der Waals surface area (Å²) in [4.78, 5) is 11.5. The van der Waals surface area contributed by atoms with Gasteiger partial charge in [0.25, 0.3) is 0 Å². The van der Waals surface area contributed by atoms with E-state index in [1.807, 2.05) is 0 Å². The van der Waals surface area contributed by atoms with Gasteiger partial charge in [0.1, 0.15) is 5.82 Å². The number of nitrogens with one attached hydrogen (secondary N) is 1. The van der Waals surface area contributed by atoms with Crippen molar-refractivity contribution in [2.75, 3.05) is 11.9 Å². The second-order valence-electron chi connectivity index (χ2n) is 6.33. The zero-order valence-corrected chi connectivity index (χ0v) is 14.0. The summed E-state index contributed by atoms with van der Waals surface area (Å²) in [5.74, 6) is -0.907. The number of hydrogen-bond donors (Lipinski definition) is 4. The van der Waals surface area contributed by atoms with E-state index in [1.165, 1.54) is 12.1 Å². The number of aliphatic hydroxyl groups is 3. The molecule has 0 bridgehead atoms. The van der Waals surface area contributed by atoms with Gasteiger partial charge in [-0.15, -0.1) is 0 Å². The summed E-state index contributed by atoms with van der Waals surface area (Å²) in [7, 11) is 0. The Kier molecular flexibility index (Phi) is 5.27. The van der Waals surface area contributed by atoms with Crippen LogP contribution in [0.3, 0.4) is 0 Å². The highest BCUT2D eigenvalue weighted by molar-refractivity contribution is 5.94. The molecular weight excluding hydrogens is 315 g/mol. The lowest BCUT2D eigenvalue weighted by molar-refractivity contribution is -0.115. The molecule has 0 saturated carbocycles. The predicted octanol–water partition coefficient (Wildman–Crippen LogP) is 1.71. The van der Waals surface area contributed by atoms with Crippen LogP contribution in [0.4, 0.5) is 10.1 Å². The van der Waals surface area contributed by atoms with E-state index >= 15 is 0 Å². The molecule has 24 heavy (non-hydrogen) atoms. The van der Waals surface area contributed by atoms with Crippen molar-refractivity contribution in [3.05, 3.63) is 29.7 Å². The molecule has 0 aliphatic carbocycles. The standard InChI is InChI=1S/C17H23FN2O4/c1-4-16(23)19-13-5-10-6-15(17(2,3)24)20(8-11(22)9-21)14(10)7-12(13)18/h5-7,11,21-22,24H,4,8-9H2,1-3H3,(H,19,23)/t11-/m1/s1. The fourth-order valence-corrected chi connectivity index (χ4v) is 2.59. The Morgan fingerprint density at radius 2 is 2.04 bits per heavy atom. The van der Waals surface area contributed by atoms with Crippen molar-refractivity contribution in [3.63, 3.8) is 0 Å². The van der Waals surface area contributed by atoms with Gasteiger partial charge in [-0.1, -0.05) is 6.92 Å². The number of nitrogens with zero attached hydrogens (tertiary/aromatic N) is 1. The first-order valence-electron chi connectivity index (χ1n) is 7.81. The molecule has 1 atom stereocenters. The summed E-state index contributed by atoms with van der Waals surface area (Å²) in [6, 6.07) is 4.43. The number of aromatic nitrogens is 1. The lowest BCUT2D eigenvalue weighted by atomic mass is 10.1. The van der Waals surface area contributed by atoms with Crippen LogP contribution in [0.1, 0.15) is 32.9 Å². The number of carbonyl (C=O) groups excluding carboxylic acids is 1. The lowest BCUT2D eigenvalue weighted by Gasteiger charge is -2.22. The van der Waals surface area contributed by atoms with Crippen LogP contribution >= 0.6 is 0 Å². The molecule has 0 unspecified atom stereocenters. The normalized spacial score (nSPS) is 13.3. The quantitative estimate of drug-likeness (QED) is 0.645. The van der Waals surface area contributed by atoms with Gasteiger partial charge in [0, 0.05) is 17.9 Å². The zero-order chi connectivity index (χ0) is 18.1. The summed E-state index contributed by atoms with van der Waals surface area (Å²) < 4.78 is 15.9. The smallest absolute Gasteiger partial charge is 0.224 e. The first-order valence-corrected chi connectivity index (χ1v) is 7.81. The molecule has 132 valence electrons. The third-order valence-electron chi connectivity index (χ3n) is 3.82. The highest BCUT2D eigenvalue weighted by Crippen LogP contribution is 2.31. The molecule has 7 heteroatoms. The highest BCUT2D eigenvalue weighted by atomic mass is 19.1. The molecule has 0 aliphatic rings. The van der Waals surface area contributed by atoms with Crippen LogP contribution in [0.15, 0.2) is 18.2 Å². The van der Waals surface area contributed by atoms with Gasteiger partial charge in [0.05, 0.1) is 41.8 Å². The molecule has 1 aromatic heterocycles. The summed E-state index contributed by atoms with van der Waals surface area (Å²) in [6.07, 6.45) is -0.806. The molecule has 1 heterocycles. The number of anilines is 1. The molecule has 0 aliphatic heterocycles. The second kappa shape index (κ2) is 6.88. The maximum absolute atomic E-state index is 14.3. The fraction of sp³-hybridized carbons (Fsp3) is 0.471. The van der Waals surface area contributed by atoms with Crippen molar-refractivity contribution in [1.82, 2.24) is 4.57 Å². The Morgan fingerprint density at radius 1 is 1.38 bits per heavy atom. The van der Waals surface area contributed by atoms with Crippen molar-refractivity contribution in [2.24, 2.45) is 0 Å². The second-order valence-corrected chi connectivity index (χ2v) is 6.33. The van der Waals surface area contributed by atoms with E-state index in [0.717, 1.165) is 0 Å². The van der Waals surface area contributed by atoms with Gasteiger partial charge in [-0.25, -0.2) is 4.39 Å². The van der Waals surface area contributed by atoms with Crippen LogP contribution in [0.25, 0.3) is 10.9 Å². The molecule has 0 saturated heterocycles. The monoisotopic (exact) mass is 338 g/mol. The van der Waals surface area contributed by atoms with E-state index in [0.29, 0.717) is 16.6 Å². The van der Waals surface area contributed by atoms with Gasteiger partial charge in [-0.05, 0) is 26.0 Å². The van der Waals surface area contributed by atoms with Crippen LogP contribution < -0.4 is 5.32 Å². The Balaban J connectivity index is 2.60. The topological polar surface area (TPSA) is 94.7 Å². The average molecular weight is 338 g/mol. The minimum absolute atomic E-state index is 0.0133. The average Bonchev–Trinajstić information content (AvgIpc) is 2.85. The van der Waals surface area contributed by atoms with Gasteiger partial charge < -0.3 is 25.2 Å². The number of benzene rings is 1. The lowest BCUT2D eigenvalue weighted by Crippen LogP contribution is -2.26. The Labute approximate surface area is 139 Å². The number of fused-ring (bicyclic) bond motifs is 1. The van der Waals surface area contributed by atoms with Crippen LogP contribution in [-0.2, 0) is 16.9 Å². The summed E-state index contributed by atoms with van der Waals surface area (Å²) in [6.45, 7) is 4.40. The van der Waals surface area contributed by atoms with Crippen LogP contribution in [0, 0.1) is 5.82 Å². The molecule has 0 spiro atoms. The number of aliphatic hydroxyl groups excluding tert-OH is 2. The molecule has 1 aromatic carbocycles. The summed E-state index contributed by atoms with van der Waals surface area (Å²) >= 11 is 0. The predicted molar refractivity (Wildman–Crippen MR) is 89.2 cm³/mol. The number of hydrogen-bond acceptors (Lipinski definition) is 4. The van der Waals surface area contributed by atoms with E-state index in [9.17, 15) is 19.4 Å². The van der Waals surface area contributed by atoms with Crippen LogP contribution in [0.5, 0.6) is 0 Å². The van der Waals surface area contributed by atoms with Gasteiger partial charge >= 0.3 is 0 Å². The molecule has 0 fully saturated rings. The number of halogens is 1. The minimum atomic E-state index is -1.22. The van der Waals surface area contributed by atoms with E-state index in [2.05, 4.69) is 5.32 Å². The molecular formula is C17H23FN2O4. The largest absolute Gasteiger partial charge is 0.394 e. The Morgan fingerprint density at radius 3 is 2.58 bits per heavy atom. The van der Waals surface area contributed by atoms with Gasteiger partial charge in [0.2, 0.25) is 5.91 Å². The van der Waals surface area contributed by atoms with Crippen LogP contribution in [-0.4, -0.2) is 38.5 Å². The molecule has 2 aromatic rings. The number of amides is 1. The zero-order valence-electron chi connectivity index (χ0n) is 14.0. The molecule has 1 amide bonds. The summed E-state index contributed by atoms with van der Waals surface area (Å²) in [5.41, 5.74) is -0.219. The van der Waals surface area contributed by atoms with Crippen molar-refractivity contribution in [2.45, 2.75) is 45.4 Å². The van der Waals surface area contributed by atoms with Gasteiger partial charge in [-0.2, -0.15) is 0 Å².